The van der Waals surface area contributed by atoms with E-state index in [0.29, 0.717) is 11.6 Å². The Bertz CT molecular complexity index is 393. The number of hydrogen-bond acceptors (Lipinski definition) is 2. The molecule has 88 valence electrons. The summed E-state index contributed by atoms with van der Waals surface area (Å²) in [6.45, 7) is 8.81. The molecule has 0 saturated carbocycles. The van der Waals surface area contributed by atoms with Crippen molar-refractivity contribution in [2.75, 3.05) is 6.61 Å². The Balaban J connectivity index is 3.09. The molecule has 0 fully saturated rings. The zero-order chi connectivity index (χ0) is 12.3. The highest BCUT2D eigenvalue weighted by atomic mass is 32.1. The quantitative estimate of drug-likeness (QED) is 0.821. The number of thiocarbonyl (C=S) groups is 1. The van der Waals surface area contributed by atoms with E-state index in [1.807, 2.05) is 19.1 Å². The molecule has 0 aliphatic carbocycles. The summed E-state index contributed by atoms with van der Waals surface area (Å²) in [5.41, 5.74) is 7.81. The van der Waals surface area contributed by atoms with Crippen molar-refractivity contribution in [3.63, 3.8) is 0 Å². The van der Waals surface area contributed by atoms with Crippen LogP contribution in [-0.2, 0) is 5.41 Å². The maximum atomic E-state index is 5.69. The lowest BCUT2D eigenvalue weighted by Crippen LogP contribution is -2.21. The first-order chi connectivity index (χ1) is 7.32. The van der Waals surface area contributed by atoms with Gasteiger partial charge >= 0.3 is 0 Å². The average molecular weight is 237 g/mol. The molecule has 0 radical (unpaired) electrons. The lowest BCUT2D eigenvalue weighted by Gasteiger charge is -2.24. The van der Waals surface area contributed by atoms with Gasteiger partial charge in [0.2, 0.25) is 0 Å². The van der Waals surface area contributed by atoms with Crippen molar-refractivity contribution >= 4 is 17.2 Å². The molecule has 0 spiro atoms. The van der Waals surface area contributed by atoms with Gasteiger partial charge in [0.15, 0.2) is 0 Å². The molecule has 1 aromatic rings. The third-order valence-electron chi connectivity index (χ3n) is 2.38. The van der Waals surface area contributed by atoms with Crippen LogP contribution >= 0.6 is 12.2 Å². The Kier molecular flexibility index (Phi) is 3.92. The first kappa shape index (κ1) is 13.0. The lowest BCUT2D eigenvalue weighted by molar-refractivity contribution is 0.361. The van der Waals surface area contributed by atoms with Crippen molar-refractivity contribution in [2.24, 2.45) is 5.73 Å². The van der Waals surface area contributed by atoms with Gasteiger partial charge < -0.3 is 10.5 Å². The molecule has 0 atom stereocenters. The Morgan fingerprint density at radius 3 is 2.50 bits per heavy atom. The second-order valence-corrected chi connectivity index (χ2v) is 5.48. The molecule has 2 nitrogen and oxygen atoms in total. The standard InChI is InChI=1S/C13H19NOS/c1-9-6-5-7-10(13(2,3)4)12(9)15-8-11(14)16/h5-7H,8H2,1-4H3,(H2,14,16). The van der Waals surface area contributed by atoms with Crippen LogP contribution < -0.4 is 10.5 Å². The van der Waals surface area contributed by atoms with Crippen LogP contribution in [-0.4, -0.2) is 11.6 Å². The van der Waals surface area contributed by atoms with Crippen molar-refractivity contribution in [2.45, 2.75) is 33.1 Å². The highest BCUT2D eigenvalue weighted by Crippen LogP contribution is 2.33. The van der Waals surface area contributed by atoms with E-state index >= 15 is 0 Å². The van der Waals surface area contributed by atoms with Crippen molar-refractivity contribution < 1.29 is 4.74 Å². The SMILES string of the molecule is Cc1cccc(C(C)(C)C)c1OCC(N)=S. The van der Waals surface area contributed by atoms with E-state index in [1.165, 1.54) is 5.56 Å². The number of benzene rings is 1. The summed E-state index contributed by atoms with van der Waals surface area (Å²) in [5, 5.41) is 0. The summed E-state index contributed by atoms with van der Waals surface area (Å²) in [6.07, 6.45) is 0. The highest BCUT2D eigenvalue weighted by Gasteiger charge is 2.20. The zero-order valence-corrected chi connectivity index (χ0v) is 11.1. The van der Waals surface area contributed by atoms with Crippen LogP contribution in [0.4, 0.5) is 0 Å². The highest BCUT2D eigenvalue weighted by molar-refractivity contribution is 7.80. The molecule has 0 aromatic heterocycles. The summed E-state index contributed by atoms with van der Waals surface area (Å²) in [4.78, 5) is 0.378. The van der Waals surface area contributed by atoms with Gasteiger partial charge in [-0.1, -0.05) is 51.2 Å². The second-order valence-electron chi connectivity index (χ2n) is 4.96. The number of aryl methyl sites for hydroxylation is 1. The normalized spacial score (nSPS) is 11.2. The van der Waals surface area contributed by atoms with E-state index in [9.17, 15) is 0 Å². The van der Waals surface area contributed by atoms with Crippen LogP contribution in [0.1, 0.15) is 31.9 Å². The number of ether oxygens (including phenoxy) is 1. The lowest BCUT2D eigenvalue weighted by atomic mass is 9.85. The van der Waals surface area contributed by atoms with Gasteiger partial charge in [-0.3, -0.25) is 0 Å². The summed E-state index contributed by atoms with van der Waals surface area (Å²) >= 11 is 4.83. The van der Waals surface area contributed by atoms with E-state index in [4.69, 9.17) is 22.7 Å². The molecular weight excluding hydrogens is 218 g/mol. The predicted molar refractivity (Wildman–Crippen MR) is 72.2 cm³/mol. The van der Waals surface area contributed by atoms with Crippen LogP contribution in [0.5, 0.6) is 5.75 Å². The van der Waals surface area contributed by atoms with Gasteiger partial charge in [-0.25, -0.2) is 0 Å². The second kappa shape index (κ2) is 4.83. The van der Waals surface area contributed by atoms with Crippen molar-refractivity contribution in [1.29, 1.82) is 0 Å². The van der Waals surface area contributed by atoms with E-state index in [-0.39, 0.29) is 5.41 Å². The molecule has 0 bridgehead atoms. The van der Waals surface area contributed by atoms with Gasteiger partial charge in [-0.15, -0.1) is 0 Å². The van der Waals surface area contributed by atoms with Gasteiger partial charge in [-0.2, -0.15) is 0 Å². The largest absolute Gasteiger partial charge is 0.486 e. The number of nitrogens with two attached hydrogens (primary N) is 1. The monoisotopic (exact) mass is 237 g/mol. The number of hydrogen-bond donors (Lipinski definition) is 1. The van der Waals surface area contributed by atoms with E-state index in [2.05, 4.69) is 26.8 Å². The first-order valence-electron chi connectivity index (χ1n) is 5.33. The topological polar surface area (TPSA) is 35.2 Å². The smallest absolute Gasteiger partial charge is 0.138 e. The summed E-state index contributed by atoms with van der Waals surface area (Å²) in [6, 6.07) is 6.16. The maximum absolute atomic E-state index is 5.69. The fraction of sp³-hybridized carbons (Fsp3) is 0.462. The minimum Gasteiger partial charge on any atom is -0.486 e. The number of para-hydroxylation sites is 1. The van der Waals surface area contributed by atoms with Gasteiger partial charge in [0.25, 0.3) is 0 Å². The molecule has 0 unspecified atom stereocenters. The third-order valence-corrected chi connectivity index (χ3v) is 2.50. The van der Waals surface area contributed by atoms with Crippen LogP contribution in [0, 0.1) is 6.92 Å². The van der Waals surface area contributed by atoms with Crippen LogP contribution in [0.2, 0.25) is 0 Å². The molecule has 0 heterocycles. The molecular formula is C13H19NOS. The maximum Gasteiger partial charge on any atom is 0.138 e. The van der Waals surface area contributed by atoms with Gasteiger partial charge in [-0.05, 0) is 23.5 Å². The van der Waals surface area contributed by atoms with Gasteiger partial charge in [0.05, 0.1) is 0 Å². The first-order valence-corrected chi connectivity index (χ1v) is 5.74. The van der Waals surface area contributed by atoms with E-state index < -0.39 is 0 Å². The molecule has 0 saturated heterocycles. The van der Waals surface area contributed by atoms with Crippen LogP contribution in [0.3, 0.4) is 0 Å². The Morgan fingerprint density at radius 2 is 2.00 bits per heavy atom. The van der Waals surface area contributed by atoms with Crippen molar-refractivity contribution in [3.05, 3.63) is 29.3 Å². The van der Waals surface area contributed by atoms with Gasteiger partial charge in [0.1, 0.15) is 17.3 Å². The Labute approximate surface area is 103 Å². The molecule has 1 aromatic carbocycles. The molecule has 0 aliphatic rings. The fourth-order valence-electron chi connectivity index (χ4n) is 1.58. The van der Waals surface area contributed by atoms with Crippen LogP contribution in [0.25, 0.3) is 0 Å². The Hall–Kier alpha value is -1.09. The van der Waals surface area contributed by atoms with E-state index in [1.54, 1.807) is 0 Å². The summed E-state index contributed by atoms with van der Waals surface area (Å²) in [7, 11) is 0. The average Bonchev–Trinajstić information content (AvgIpc) is 2.13. The molecule has 0 aliphatic heterocycles. The predicted octanol–water partition coefficient (Wildman–Crippen LogP) is 2.96. The number of rotatable bonds is 3. The minimum atomic E-state index is 0.0531. The summed E-state index contributed by atoms with van der Waals surface area (Å²) in [5.74, 6) is 0.905. The zero-order valence-electron chi connectivity index (χ0n) is 10.3. The van der Waals surface area contributed by atoms with Crippen molar-refractivity contribution in [3.8, 4) is 5.75 Å². The third kappa shape index (κ3) is 3.20. The fourth-order valence-corrected chi connectivity index (χ4v) is 1.64. The van der Waals surface area contributed by atoms with Gasteiger partial charge in [0, 0.05) is 0 Å². The van der Waals surface area contributed by atoms with Crippen molar-refractivity contribution in [1.82, 2.24) is 0 Å². The molecule has 16 heavy (non-hydrogen) atoms. The summed E-state index contributed by atoms with van der Waals surface area (Å²) < 4.78 is 5.69. The Morgan fingerprint density at radius 1 is 1.38 bits per heavy atom. The molecule has 0 amide bonds. The van der Waals surface area contributed by atoms with Crippen LogP contribution in [0.15, 0.2) is 18.2 Å². The van der Waals surface area contributed by atoms with E-state index in [0.717, 1.165) is 11.3 Å². The molecule has 1 rings (SSSR count). The minimum absolute atomic E-state index is 0.0531. The molecule has 3 heteroatoms. The molecule has 2 N–H and O–H groups in total.